The van der Waals surface area contributed by atoms with E-state index in [1.807, 2.05) is 34.0 Å². The van der Waals surface area contributed by atoms with E-state index < -0.39 is 11.7 Å². The van der Waals surface area contributed by atoms with Crippen molar-refractivity contribution in [3.8, 4) is 0 Å². The molecule has 0 spiro atoms. The van der Waals surface area contributed by atoms with Gasteiger partial charge in [-0.1, -0.05) is 20.8 Å². The van der Waals surface area contributed by atoms with E-state index in [1.54, 1.807) is 6.20 Å². The molecule has 1 amide bonds. The Hall–Kier alpha value is -1.52. The fourth-order valence-corrected chi connectivity index (χ4v) is 1.92. The number of imidazole rings is 1. The van der Waals surface area contributed by atoms with E-state index in [0.29, 0.717) is 11.8 Å². The molecule has 5 heteroatoms. The van der Waals surface area contributed by atoms with Crippen LogP contribution >= 0.6 is 0 Å². The van der Waals surface area contributed by atoms with Crippen LogP contribution < -0.4 is 5.32 Å². The van der Waals surface area contributed by atoms with Gasteiger partial charge in [0.15, 0.2) is 0 Å². The number of hydrogen-bond acceptors (Lipinski definition) is 3. The number of ether oxygens (including phenoxy) is 1. The van der Waals surface area contributed by atoms with Crippen molar-refractivity contribution in [3.63, 3.8) is 0 Å². The summed E-state index contributed by atoms with van der Waals surface area (Å²) in [5.41, 5.74) is 0.504. The third kappa shape index (κ3) is 5.78. The number of nitrogens with zero attached hydrogens (tertiary/aromatic N) is 2. The molecule has 1 heterocycles. The SMILES string of the molecule is CC(NC(=O)OC(C)(C)C)c1cncn1CC(C)C(C)C. The zero-order valence-electron chi connectivity index (χ0n) is 14.3. The molecule has 2 unspecified atom stereocenters. The highest BCUT2D eigenvalue weighted by atomic mass is 16.6. The first-order valence-electron chi connectivity index (χ1n) is 7.59. The average molecular weight is 295 g/mol. The Morgan fingerprint density at radius 2 is 1.95 bits per heavy atom. The zero-order chi connectivity index (χ0) is 16.2. The lowest BCUT2D eigenvalue weighted by Gasteiger charge is -2.23. The van der Waals surface area contributed by atoms with E-state index in [2.05, 4.69) is 35.6 Å². The number of hydrogen-bond donors (Lipinski definition) is 1. The summed E-state index contributed by atoms with van der Waals surface area (Å²) in [6.45, 7) is 15.0. The first-order chi connectivity index (χ1) is 9.60. The number of nitrogens with one attached hydrogen (secondary N) is 1. The van der Waals surface area contributed by atoms with Gasteiger partial charge in [0.25, 0.3) is 0 Å². The van der Waals surface area contributed by atoms with Crippen LogP contribution in [0.3, 0.4) is 0 Å². The van der Waals surface area contributed by atoms with Crippen LogP contribution in [0.4, 0.5) is 4.79 Å². The number of alkyl carbamates (subject to hydrolysis) is 1. The van der Waals surface area contributed by atoms with Gasteiger partial charge in [0.1, 0.15) is 5.60 Å². The van der Waals surface area contributed by atoms with Crippen molar-refractivity contribution in [1.29, 1.82) is 0 Å². The molecule has 1 N–H and O–H groups in total. The monoisotopic (exact) mass is 295 g/mol. The Morgan fingerprint density at radius 3 is 2.48 bits per heavy atom. The molecule has 1 rings (SSSR count). The molecule has 2 atom stereocenters. The Kier molecular flexibility index (Phi) is 5.81. The van der Waals surface area contributed by atoms with Crippen LogP contribution in [0.5, 0.6) is 0 Å². The minimum atomic E-state index is -0.490. The average Bonchev–Trinajstić information content (AvgIpc) is 2.73. The summed E-state index contributed by atoms with van der Waals surface area (Å²) < 4.78 is 7.39. The van der Waals surface area contributed by atoms with E-state index in [4.69, 9.17) is 4.74 Å². The Labute approximate surface area is 128 Å². The molecule has 0 saturated carbocycles. The minimum absolute atomic E-state index is 0.137. The smallest absolute Gasteiger partial charge is 0.408 e. The zero-order valence-corrected chi connectivity index (χ0v) is 14.3. The predicted molar refractivity (Wildman–Crippen MR) is 84.0 cm³/mol. The Morgan fingerprint density at radius 1 is 1.33 bits per heavy atom. The van der Waals surface area contributed by atoms with Crippen LogP contribution in [0, 0.1) is 11.8 Å². The summed E-state index contributed by atoms with van der Waals surface area (Å²) in [7, 11) is 0. The van der Waals surface area contributed by atoms with E-state index in [1.165, 1.54) is 0 Å². The standard InChI is InChI=1S/C16H29N3O2/c1-11(2)12(3)9-19-10-17-8-14(19)13(4)18-15(20)21-16(5,6)7/h8,10-13H,9H2,1-7H3,(H,18,20). The number of carbonyl (C=O) groups is 1. The van der Waals surface area contributed by atoms with Crippen LogP contribution in [-0.2, 0) is 11.3 Å². The number of amides is 1. The first kappa shape index (κ1) is 17.5. The second kappa shape index (κ2) is 6.96. The van der Waals surface area contributed by atoms with Gasteiger partial charge in [-0.2, -0.15) is 0 Å². The molecule has 0 aliphatic carbocycles. The molecule has 21 heavy (non-hydrogen) atoms. The third-order valence-electron chi connectivity index (χ3n) is 3.54. The predicted octanol–water partition coefficient (Wildman–Crippen LogP) is 3.76. The van der Waals surface area contributed by atoms with E-state index in [-0.39, 0.29) is 6.04 Å². The fraction of sp³-hybridized carbons (Fsp3) is 0.750. The summed E-state index contributed by atoms with van der Waals surface area (Å²) >= 11 is 0. The molecule has 0 fully saturated rings. The van der Waals surface area contributed by atoms with Gasteiger partial charge in [-0.3, -0.25) is 0 Å². The fourth-order valence-electron chi connectivity index (χ4n) is 1.92. The molecular formula is C16H29N3O2. The second-order valence-corrected chi connectivity index (χ2v) is 7.06. The maximum absolute atomic E-state index is 11.8. The third-order valence-corrected chi connectivity index (χ3v) is 3.54. The van der Waals surface area contributed by atoms with E-state index in [0.717, 1.165) is 12.2 Å². The van der Waals surface area contributed by atoms with E-state index in [9.17, 15) is 4.79 Å². The summed E-state index contributed by atoms with van der Waals surface area (Å²) in [4.78, 5) is 16.1. The molecule has 0 radical (unpaired) electrons. The summed E-state index contributed by atoms with van der Waals surface area (Å²) in [5.74, 6) is 1.15. The largest absolute Gasteiger partial charge is 0.444 e. The van der Waals surface area contributed by atoms with Crippen molar-refractivity contribution in [1.82, 2.24) is 14.9 Å². The lowest BCUT2D eigenvalue weighted by molar-refractivity contribution is 0.0506. The maximum Gasteiger partial charge on any atom is 0.408 e. The van der Waals surface area contributed by atoms with Crippen LogP contribution in [0.2, 0.25) is 0 Å². The molecule has 1 aromatic heterocycles. The van der Waals surface area contributed by atoms with Crippen molar-refractivity contribution < 1.29 is 9.53 Å². The van der Waals surface area contributed by atoms with Crippen molar-refractivity contribution in [3.05, 3.63) is 18.2 Å². The van der Waals surface area contributed by atoms with Crippen LogP contribution in [0.15, 0.2) is 12.5 Å². The van der Waals surface area contributed by atoms with Crippen molar-refractivity contribution in [2.24, 2.45) is 11.8 Å². The minimum Gasteiger partial charge on any atom is -0.444 e. The quantitative estimate of drug-likeness (QED) is 0.899. The lowest BCUT2D eigenvalue weighted by atomic mass is 9.98. The lowest BCUT2D eigenvalue weighted by Crippen LogP contribution is -2.34. The van der Waals surface area contributed by atoms with E-state index >= 15 is 0 Å². The second-order valence-electron chi connectivity index (χ2n) is 7.06. The van der Waals surface area contributed by atoms with Gasteiger partial charge < -0.3 is 14.6 Å². The van der Waals surface area contributed by atoms with Crippen LogP contribution in [-0.4, -0.2) is 21.2 Å². The molecule has 0 aliphatic heterocycles. The Bertz CT molecular complexity index is 460. The molecule has 120 valence electrons. The number of carbonyl (C=O) groups excluding carboxylic acids is 1. The molecule has 0 bridgehead atoms. The number of aromatic nitrogens is 2. The molecule has 0 aliphatic rings. The molecule has 0 aromatic carbocycles. The van der Waals surface area contributed by atoms with Crippen molar-refractivity contribution in [2.75, 3.05) is 0 Å². The van der Waals surface area contributed by atoms with Gasteiger partial charge >= 0.3 is 6.09 Å². The van der Waals surface area contributed by atoms with Crippen LogP contribution in [0.1, 0.15) is 60.2 Å². The Balaban J connectivity index is 2.69. The molecule has 1 aromatic rings. The van der Waals surface area contributed by atoms with Gasteiger partial charge in [0.05, 0.1) is 24.3 Å². The highest BCUT2D eigenvalue weighted by molar-refractivity contribution is 5.68. The molecular weight excluding hydrogens is 266 g/mol. The van der Waals surface area contributed by atoms with Gasteiger partial charge in [-0.15, -0.1) is 0 Å². The van der Waals surface area contributed by atoms with Gasteiger partial charge in [0.2, 0.25) is 0 Å². The highest BCUT2D eigenvalue weighted by Crippen LogP contribution is 2.18. The topological polar surface area (TPSA) is 56.1 Å². The van der Waals surface area contributed by atoms with Crippen molar-refractivity contribution in [2.45, 2.75) is 66.7 Å². The van der Waals surface area contributed by atoms with Gasteiger partial charge in [-0.05, 0) is 39.5 Å². The maximum atomic E-state index is 11.8. The first-order valence-corrected chi connectivity index (χ1v) is 7.59. The van der Waals surface area contributed by atoms with Gasteiger partial charge in [-0.25, -0.2) is 9.78 Å². The normalized spacial score (nSPS) is 14.9. The molecule has 5 nitrogen and oxygen atoms in total. The van der Waals surface area contributed by atoms with Crippen LogP contribution in [0.25, 0.3) is 0 Å². The van der Waals surface area contributed by atoms with Crippen molar-refractivity contribution >= 4 is 6.09 Å². The summed E-state index contributed by atoms with van der Waals surface area (Å²) in [5, 5.41) is 2.86. The summed E-state index contributed by atoms with van der Waals surface area (Å²) in [6.07, 6.45) is 3.22. The summed E-state index contributed by atoms with van der Waals surface area (Å²) in [6, 6.07) is -0.137. The van der Waals surface area contributed by atoms with Gasteiger partial charge in [0, 0.05) is 6.54 Å². The number of rotatable bonds is 5. The molecule has 0 saturated heterocycles. The highest BCUT2D eigenvalue weighted by Gasteiger charge is 2.20.